The zero-order valence-corrected chi connectivity index (χ0v) is 23.7. The lowest BCUT2D eigenvalue weighted by Gasteiger charge is -2.43. The summed E-state index contributed by atoms with van der Waals surface area (Å²) >= 11 is 0. The highest BCUT2D eigenvalue weighted by atomic mass is 16.7. The lowest BCUT2D eigenvalue weighted by Crippen LogP contribution is -2.46. The van der Waals surface area contributed by atoms with E-state index < -0.39 is 12.4 Å². The normalized spacial score (nSPS) is 22.5. The van der Waals surface area contributed by atoms with Crippen molar-refractivity contribution in [3.8, 4) is 0 Å². The summed E-state index contributed by atoms with van der Waals surface area (Å²) in [4.78, 5) is 14.2. The Labute approximate surface area is 236 Å². The molecule has 1 aliphatic heterocycles. The monoisotopic (exact) mass is 547 g/mol. The van der Waals surface area contributed by atoms with Crippen molar-refractivity contribution in [2.75, 3.05) is 25.5 Å². The maximum absolute atomic E-state index is 12.1. The van der Waals surface area contributed by atoms with Crippen LogP contribution in [0.2, 0.25) is 0 Å². The van der Waals surface area contributed by atoms with Crippen molar-refractivity contribution >= 4 is 11.7 Å². The highest BCUT2D eigenvalue weighted by molar-refractivity contribution is 5.89. The van der Waals surface area contributed by atoms with Crippen molar-refractivity contribution < 1.29 is 24.5 Å². The van der Waals surface area contributed by atoms with Crippen LogP contribution in [0.4, 0.5) is 10.5 Å². The number of ether oxygens (including phenoxy) is 2. The van der Waals surface area contributed by atoms with Crippen LogP contribution in [0, 0.1) is 5.92 Å². The van der Waals surface area contributed by atoms with Gasteiger partial charge in [0, 0.05) is 36.3 Å². The van der Waals surface area contributed by atoms with Crippen LogP contribution in [0.5, 0.6) is 0 Å². The van der Waals surface area contributed by atoms with Crippen LogP contribution < -0.4 is 10.6 Å². The summed E-state index contributed by atoms with van der Waals surface area (Å²) in [6, 6.07) is 24.5. The Morgan fingerprint density at radius 3 is 2.40 bits per heavy atom. The molecular weight excluding hydrogens is 506 g/mol. The van der Waals surface area contributed by atoms with E-state index in [1.54, 1.807) is 0 Å². The van der Waals surface area contributed by atoms with Crippen molar-refractivity contribution in [1.82, 2.24) is 10.2 Å². The molecule has 3 aromatic rings. The number of hydrogen-bond acceptors (Lipinski definition) is 6. The molecule has 214 valence electrons. The third kappa shape index (κ3) is 7.27. The molecular formula is C32H41N3O5. The van der Waals surface area contributed by atoms with Gasteiger partial charge >= 0.3 is 6.03 Å². The van der Waals surface area contributed by atoms with Gasteiger partial charge in [-0.1, -0.05) is 73.7 Å². The Hall–Kier alpha value is -3.27. The first-order chi connectivity index (χ1) is 19.3. The second-order valence-corrected chi connectivity index (χ2v) is 10.5. The van der Waals surface area contributed by atoms with Gasteiger partial charge in [0.2, 0.25) is 0 Å². The minimum atomic E-state index is -0.664. The third-order valence-electron chi connectivity index (χ3n) is 7.64. The molecule has 4 N–H and O–H groups in total. The molecule has 0 unspecified atom stereocenters. The van der Waals surface area contributed by atoms with Gasteiger partial charge in [0.1, 0.15) is 0 Å². The summed E-state index contributed by atoms with van der Waals surface area (Å²) in [6.45, 7) is 7.08. The van der Waals surface area contributed by atoms with Crippen LogP contribution in [0.3, 0.4) is 0 Å². The van der Waals surface area contributed by atoms with Crippen LogP contribution >= 0.6 is 0 Å². The number of hydrogen-bond donors (Lipinski definition) is 4. The van der Waals surface area contributed by atoms with E-state index in [0.717, 1.165) is 22.3 Å². The van der Waals surface area contributed by atoms with Crippen LogP contribution in [0.1, 0.15) is 61.5 Å². The maximum Gasteiger partial charge on any atom is 0.319 e. The van der Waals surface area contributed by atoms with Gasteiger partial charge in [-0.25, -0.2) is 4.79 Å². The van der Waals surface area contributed by atoms with Crippen molar-refractivity contribution in [2.24, 2.45) is 5.92 Å². The molecule has 40 heavy (non-hydrogen) atoms. The van der Waals surface area contributed by atoms with Gasteiger partial charge in [0.05, 0.1) is 24.9 Å². The number of rotatable bonds is 10. The molecule has 4 rings (SSSR count). The first-order valence-electron chi connectivity index (χ1n) is 13.9. The molecule has 0 saturated carbocycles. The van der Waals surface area contributed by atoms with Crippen LogP contribution in [0.15, 0.2) is 78.9 Å². The van der Waals surface area contributed by atoms with Crippen LogP contribution in [0.25, 0.3) is 0 Å². The number of nitrogens with zero attached hydrogens (tertiary/aromatic N) is 1. The van der Waals surface area contributed by atoms with E-state index in [1.807, 2.05) is 99.8 Å². The Morgan fingerprint density at radius 1 is 1.00 bits per heavy atom. The number of aliphatic hydroxyl groups excluding tert-OH is 2. The number of likely N-dealkylation sites (N-methyl/N-ethyl adjacent to an activating group) is 1. The van der Waals surface area contributed by atoms with Gasteiger partial charge in [-0.3, -0.25) is 4.90 Å². The van der Waals surface area contributed by atoms with E-state index >= 15 is 0 Å². The summed E-state index contributed by atoms with van der Waals surface area (Å²) in [6.07, 6.45) is -1.78. The number of carbonyl (C=O) groups is 1. The molecule has 1 fully saturated rings. The minimum absolute atomic E-state index is 0.00335. The fourth-order valence-corrected chi connectivity index (χ4v) is 5.05. The second kappa shape index (κ2) is 13.9. The van der Waals surface area contributed by atoms with Crippen LogP contribution in [-0.4, -0.2) is 53.4 Å². The topological polar surface area (TPSA) is 103 Å². The fraction of sp³-hybridized carbons (Fsp3) is 0.406. The summed E-state index contributed by atoms with van der Waals surface area (Å²) in [5, 5.41) is 26.1. The zero-order chi connectivity index (χ0) is 28.6. The van der Waals surface area contributed by atoms with Gasteiger partial charge in [0.25, 0.3) is 0 Å². The summed E-state index contributed by atoms with van der Waals surface area (Å²) < 4.78 is 13.1. The number of carbonyl (C=O) groups excluding carboxylic acids is 1. The van der Waals surface area contributed by atoms with E-state index in [-0.39, 0.29) is 36.8 Å². The molecule has 6 atom stereocenters. The average Bonchev–Trinajstić information content (AvgIpc) is 2.98. The number of anilines is 1. The Bertz CT molecular complexity index is 1220. The largest absolute Gasteiger partial charge is 0.392 e. The van der Waals surface area contributed by atoms with Gasteiger partial charge in [-0.2, -0.15) is 0 Å². The molecule has 0 spiro atoms. The summed E-state index contributed by atoms with van der Waals surface area (Å²) in [7, 11) is 2.00. The van der Waals surface area contributed by atoms with Crippen molar-refractivity contribution in [1.29, 1.82) is 0 Å². The number of nitrogens with one attached hydrogen (secondary N) is 2. The van der Waals surface area contributed by atoms with Gasteiger partial charge in [-0.05, 0) is 49.7 Å². The molecule has 1 aliphatic rings. The molecule has 1 heterocycles. The number of urea groups is 1. The highest BCUT2D eigenvalue weighted by Gasteiger charge is 2.39. The molecule has 8 heteroatoms. The standard InChI is InChI=1S/C32H41N3O5/c1-5-33-32(38)34-27-13-9-12-26(18-27)31-39-28(19-35(4)22(3)29(37)24-10-7-6-8-11-24)21(2)30(40-31)25-16-14-23(20-36)15-17-25/h6-18,21-22,28-31,36-37H,5,19-20H2,1-4H3,(H2,33,34,38)/t21-,22+,28+,29+,30+,31+/m0/s1. The summed E-state index contributed by atoms with van der Waals surface area (Å²) in [5.74, 6) is -0.00335. The van der Waals surface area contributed by atoms with Crippen molar-refractivity contribution in [3.63, 3.8) is 0 Å². The van der Waals surface area contributed by atoms with Crippen LogP contribution in [-0.2, 0) is 16.1 Å². The zero-order valence-electron chi connectivity index (χ0n) is 23.7. The first kappa shape index (κ1) is 29.7. The Kier molecular flexibility index (Phi) is 10.3. The molecule has 2 amide bonds. The lowest BCUT2D eigenvalue weighted by atomic mass is 9.89. The van der Waals surface area contributed by atoms with E-state index in [1.165, 1.54) is 0 Å². The number of aliphatic hydroxyl groups is 2. The highest BCUT2D eigenvalue weighted by Crippen LogP contribution is 2.42. The first-order valence-corrected chi connectivity index (χ1v) is 13.9. The number of amides is 2. The molecule has 3 aromatic carbocycles. The Morgan fingerprint density at radius 2 is 1.73 bits per heavy atom. The van der Waals surface area contributed by atoms with Gasteiger partial charge in [0.15, 0.2) is 6.29 Å². The minimum Gasteiger partial charge on any atom is -0.392 e. The molecule has 0 aromatic heterocycles. The Balaban J connectivity index is 1.58. The maximum atomic E-state index is 12.1. The van der Waals surface area contributed by atoms with Gasteiger partial charge in [-0.15, -0.1) is 0 Å². The fourth-order valence-electron chi connectivity index (χ4n) is 5.05. The molecule has 0 radical (unpaired) electrons. The molecule has 0 bridgehead atoms. The third-order valence-corrected chi connectivity index (χ3v) is 7.64. The van der Waals surface area contributed by atoms with E-state index in [0.29, 0.717) is 18.8 Å². The smallest absolute Gasteiger partial charge is 0.319 e. The lowest BCUT2D eigenvalue weighted by molar-refractivity contribution is -0.276. The second-order valence-electron chi connectivity index (χ2n) is 10.5. The molecule has 8 nitrogen and oxygen atoms in total. The SMILES string of the molecule is CCNC(=O)Nc1cccc([C@@H]2O[C@H](CN(C)[C@H](C)[C@@H](O)c3ccccc3)[C@H](C)[C@H](c3ccc(CO)cc3)O2)c1. The van der Waals surface area contributed by atoms with Crippen molar-refractivity contribution in [2.45, 2.75) is 58.0 Å². The molecule has 1 saturated heterocycles. The van der Waals surface area contributed by atoms with E-state index in [9.17, 15) is 15.0 Å². The van der Waals surface area contributed by atoms with E-state index in [2.05, 4.69) is 22.5 Å². The predicted octanol–water partition coefficient (Wildman–Crippen LogP) is 5.17. The number of benzene rings is 3. The van der Waals surface area contributed by atoms with Gasteiger partial charge < -0.3 is 30.3 Å². The van der Waals surface area contributed by atoms with E-state index in [4.69, 9.17) is 9.47 Å². The van der Waals surface area contributed by atoms with Crippen molar-refractivity contribution in [3.05, 3.63) is 101 Å². The quantitative estimate of drug-likeness (QED) is 0.279. The molecule has 0 aliphatic carbocycles. The summed E-state index contributed by atoms with van der Waals surface area (Å²) in [5.41, 5.74) is 4.15. The predicted molar refractivity (Wildman–Crippen MR) is 156 cm³/mol. The average molecular weight is 548 g/mol.